The normalized spacial score (nSPS) is 59.4. The van der Waals surface area contributed by atoms with Gasteiger partial charge in [-0.2, -0.15) is 0 Å². The first kappa shape index (κ1) is 11.5. The van der Waals surface area contributed by atoms with Crippen molar-refractivity contribution in [3.8, 4) is 0 Å². The molecule has 6 rings (SSSR count). The minimum atomic E-state index is 0.00794. The fourth-order valence-corrected chi connectivity index (χ4v) is 4.52. The molecule has 0 aromatic heterocycles. The van der Waals surface area contributed by atoms with E-state index in [1.807, 2.05) is 0 Å². The Labute approximate surface area is 113 Å². The molecular weight excluding hydrogens is 244 g/mol. The lowest BCUT2D eigenvalue weighted by Crippen LogP contribution is -2.61. The fraction of sp³-hybridized carbons (Fsp3) is 1.00. The van der Waals surface area contributed by atoms with Gasteiger partial charge in [0, 0.05) is 17.8 Å². The van der Waals surface area contributed by atoms with Crippen molar-refractivity contribution in [3.63, 3.8) is 0 Å². The van der Waals surface area contributed by atoms with E-state index in [1.54, 1.807) is 0 Å². The Morgan fingerprint density at radius 3 is 2.37 bits per heavy atom. The average molecular weight is 266 g/mol. The summed E-state index contributed by atoms with van der Waals surface area (Å²) in [6.45, 7) is 1.67. The largest absolute Gasteiger partial charge is 0.374 e. The molecule has 1 spiro atoms. The molecule has 2 saturated carbocycles. The lowest BCUT2D eigenvalue weighted by molar-refractivity contribution is -0.319. The van der Waals surface area contributed by atoms with Gasteiger partial charge in [0.15, 0.2) is 6.29 Å². The molecule has 2 aliphatic carbocycles. The summed E-state index contributed by atoms with van der Waals surface area (Å²) in [6.07, 6.45) is 9.15. The molecule has 4 saturated heterocycles. The van der Waals surface area contributed by atoms with Crippen molar-refractivity contribution in [2.45, 2.75) is 69.2 Å². The Hall–Kier alpha value is -0.160. The molecule has 5 atom stereocenters. The Bertz CT molecular complexity index is 368. The highest BCUT2D eigenvalue weighted by Crippen LogP contribution is 2.50. The van der Waals surface area contributed by atoms with Crippen LogP contribution in [-0.4, -0.2) is 43.9 Å². The highest BCUT2D eigenvalue weighted by Gasteiger charge is 2.55. The van der Waals surface area contributed by atoms with E-state index >= 15 is 0 Å². The lowest BCUT2D eigenvalue weighted by atomic mass is 9.68. The molecule has 2 bridgehead atoms. The van der Waals surface area contributed by atoms with Gasteiger partial charge in [0.05, 0.1) is 37.6 Å². The molecule has 4 heterocycles. The Kier molecular flexibility index (Phi) is 2.38. The molecule has 4 aliphatic heterocycles. The molecule has 6 aliphatic rings. The second-order valence-electron chi connectivity index (χ2n) is 7.16. The summed E-state index contributed by atoms with van der Waals surface area (Å²) >= 11 is 0. The zero-order chi connectivity index (χ0) is 12.4. The van der Waals surface area contributed by atoms with Gasteiger partial charge in [0.2, 0.25) is 0 Å². The van der Waals surface area contributed by atoms with Crippen molar-refractivity contribution in [1.29, 1.82) is 0 Å². The highest BCUT2D eigenvalue weighted by atomic mass is 16.7. The third-order valence-corrected chi connectivity index (χ3v) is 5.98. The highest BCUT2D eigenvalue weighted by molar-refractivity contribution is 5.02. The minimum Gasteiger partial charge on any atom is -0.374 e. The first-order chi connectivity index (χ1) is 9.32. The molecule has 0 N–H and O–H groups in total. The van der Waals surface area contributed by atoms with Gasteiger partial charge in [-0.3, -0.25) is 0 Å². The van der Waals surface area contributed by atoms with Crippen LogP contribution in [0.4, 0.5) is 0 Å². The van der Waals surface area contributed by atoms with Crippen LogP contribution >= 0.6 is 0 Å². The molecule has 5 unspecified atom stereocenters. The second-order valence-corrected chi connectivity index (χ2v) is 7.16. The predicted octanol–water partition coefficient (Wildman–Crippen LogP) is 1.86. The SMILES string of the molecule is C1CC2(COC(C3CCC4OC4C3)OC2)C2CC1O2. The topological polar surface area (TPSA) is 40.2 Å². The van der Waals surface area contributed by atoms with Crippen molar-refractivity contribution in [3.05, 3.63) is 0 Å². The van der Waals surface area contributed by atoms with Crippen LogP contribution in [0.1, 0.15) is 38.5 Å². The van der Waals surface area contributed by atoms with Gasteiger partial charge >= 0.3 is 0 Å². The maximum Gasteiger partial charge on any atom is 0.160 e. The summed E-state index contributed by atoms with van der Waals surface area (Å²) in [5.41, 5.74) is 0.165. The first-order valence-electron chi connectivity index (χ1n) is 7.87. The number of fused-ring (bicyclic) bond motifs is 2. The summed E-state index contributed by atoms with van der Waals surface area (Å²) in [5, 5.41) is 0. The smallest absolute Gasteiger partial charge is 0.160 e. The van der Waals surface area contributed by atoms with E-state index in [4.69, 9.17) is 18.9 Å². The Balaban J connectivity index is 1.23. The Morgan fingerprint density at radius 1 is 0.842 bits per heavy atom. The molecule has 0 aromatic rings. The van der Waals surface area contributed by atoms with E-state index in [9.17, 15) is 0 Å². The van der Waals surface area contributed by atoms with Gasteiger partial charge in [0.1, 0.15) is 0 Å². The molecule has 0 radical (unpaired) electrons. The first-order valence-corrected chi connectivity index (χ1v) is 7.87. The maximum absolute atomic E-state index is 6.11. The summed E-state index contributed by atoms with van der Waals surface area (Å²) in [5.74, 6) is 0.541. The van der Waals surface area contributed by atoms with Crippen molar-refractivity contribution in [2.24, 2.45) is 11.3 Å². The lowest BCUT2D eigenvalue weighted by Gasteiger charge is -2.56. The molecule has 106 valence electrons. The molecule has 0 amide bonds. The van der Waals surface area contributed by atoms with Gasteiger partial charge in [-0.25, -0.2) is 0 Å². The van der Waals surface area contributed by atoms with Crippen LogP contribution in [0.2, 0.25) is 0 Å². The molecule has 4 nitrogen and oxygen atoms in total. The maximum atomic E-state index is 6.11. The van der Waals surface area contributed by atoms with Crippen LogP contribution in [0.15, 0.2) is 0 Å². The van der Waals surface area contributed by atoms with E-state index in [0.29, 0.717) is 30.3 Å². The van der Waals surface area contributed by atoms with Crippen molar-refractivity contribution >= 4 is 0 Å². The molecule has 0 aromatic carbocycles. The van der Waals surface area contributed by atoms with Crippen LogP contribution in [0.3, 0.4) is 0 Å². The summed E-state index contributed by atoms with van der Waals surface area (Å²) in [7, 11) is 0. The van der Waals surface area contributed by atoms with E-state index in [0.717, 1.165) is 19.6 Å². The van der Waals surface area contributed by atoms with E-state index < -0.39 is 0 Å². The zero-order valence-electron chi connectivity index (χ0n) is 11.3. The minimum absolute atomic E-state index is 0.00794. The van der Waals surface area contributed by atoms with Crippen LogP contribution in [0, 0.1) is 11.3 Å². The van der Waals surface area contributed by atoms with Crippen LogP contribution in [-0.2, 0) is 18.9 Å². The van der Waals surface area contributed by atoms with Gasteiger partial charge in [-0.1, -0.05) is 0 Å². The third kappa shape index (κ3) is 1.73. The van der Waals surface area contributed by atoms with E-state index in [2.05, 4.69) is 0 Å². The zero-order valence-corrected chi connectivity index (χ0v) is 11.3. The van der Waals surface area contributed by atoms with Gasteiger partial charge in [0.25, 0.3) is 0 Å². The van der Waals surface area contributed by atoms with Crippen molar-refractivity contribution < 1.29 is 18.9 Å². The number of hydrogen-bond acceptors (Lipinski definition) is 4. The second kappa shape index (κ2) is 3.94. The van der Waals surface area contributed by atoms with E-state index in [1.165, 1.54) is 32.1 Å². The van der Waals surface area contributed by atoms with Gasteiger partial charge < -0.3 is 18.9 Å². The molecule has 19 heavy (non-hydrogen) atoms. The molecular formula is C15H22O4. The number of hydrogen-bond donors (Lipinski definition) is 0. The van der Waals surface area contributed by atoms with Crippen molar-refractivity contribution in [1.82, 2.24) is 0 Å². The Morgan fingerprint density at radius 2 is 1.68 bits per heavy atom. The number of epoxide rings is 1. The van der Waals surface area contributed by atoms with Crippen LogP contribution < -0.4 is 0 Å². The standard InChI is InChI=1S/C15H22O4/c1-2-11-12(19-11)5-9(1)14-16-7-15(8-17-14)4-3-10-6-13(15)18-10/h9-14H,1-8H2. The summed E-state index contributed by atoms with van der Waals surface area (Å²) in [4.78, 5) is 0. The average Bonchev–Trinajstić information content (AvgIpc) is 3.17. The number of ether oxygens (including phenoxy) is 4. The van der Waals surface area contributed by atoms with Gasteiger partial charge in [-0.05, 0) is 32.1 Å². The predicted molar refractivity (Wildman–Crippen MR) is 66.6 cm³/mol. The van der Waals surface area contributed by atoms with Crippen LogP contribution in [0.25, 0.3) is 0 Å². The number of rotatable bonds is 1. The summed E-state index contributed by atoms with van der Waals surface area (Å²) < 4.78 is 23.7. The fourth-order valence-electron chi connectivity index (χ4n) is 4.52. The van der Waals surface area contributed by atoms with Crippen molar-refractivity contribution in [2.75, 3.05) is 13.2 Å². The van der Waals surface area contributed by atoms with Crippen LogP contribution in [0.5, 0.6) is 0 Å². The monoisotopic (exact) mass is 266 g/mol. The van der Waals surface area contributed by atoms with Gasteiger partial charge in [-0.15, -0.1) is 0 Å². The molecule has 6 fully saturated rings. The summed E-state index contributed by atoms with van der Waals surface area (Å²) in [6, 6.07) is 0. The van der Waals surface area contributed by atoms with E-state index in [-0.39, 0.29) is 11.7 Å². The quantitative estimate of drug-likeness (QED) is 0.679. The molecule has 4 heteroatoms. The third-order valence-electron chi connectivity index (χ3n) is 5.98.